The van der Waals surface area contributed by atoms with Crippen LogP contribution in [0, 0.1) is 6.92 Å². The van der Waals surface area contributed by atoms with Gasteiger partial charge in [-0.1, -0.05) is 58.4 Å². The van der Waals surface area contributed by atoms with Gasteiger partial charge in [-0.25, -0.2) is 0 Å². The first-order valence-corrected chi connectivity index (χ1v) is 10.1. The quantitative estimate of drug-likeness (QED) is 0.571. The van der Waals surface area contributed by atoms with Crippen molar-refractivity contribution in [1.82, 2.24) is 15.6 Å². The number of aromatic nitrogens is 1. The van der Waals surface area contributed by atoms with Gasteiger partial charge in [0.15, 0.2) is 0 Å². The van der Waals surface area contributed by atoms with Crippen LogP contribution in [-0.4, -0.2) is 29.9 Å². The monoisotopic (exact) mass is 451 g/mol. The van der Waals surface area contributed by atoms with Crippen molar-refractivity contribution in [3.8, 4) is 11.3 Å². The summed E-state index contributed by atoms with van der Waals surface area (Å²) in [5.74, 6) is -0.528. The zero-order chi connectivity index (χ0) is 20.6. The van der Waals surface area contributed by atoms with Crippen LogP contribution in [0.3, 0.4) is 0 Å². The minimum absolute atomic E-state index is 0.0690. The molecule has 1 heterocycles. The van der Waals surface area contributed by atoms with Gasteiger partial charge in [0.1, 0.15) is 0 Å². The molecule has 0 fully saturated rings. The van der Waals surface area contributed by atoms with Gasteiger partial charge in [-0.3, -0.25) is 14.6 Å². The summed E-state index contributed by atoms with van der Waals surface area (Å²) in [6.45, 7) is 2.25. The minimum atomic E-state index is -0.311. The van der Waals surface area contributed by atoms with E-state index >= 15 is 0 Å². The number of hydrogen-bond acceptors (Lipinski definition) is 3. The number of aryl methyl sites for hydroxylation is 1. The number of nitrogens with zero attached hydrogens (tertiary/aromatic N) is 1. The maximum absolute atomic E-state index is 12.4. The van der Waals surface area contributed by atoms with Crippen LogP contribution in [-0.2, 0) is 11.2 Å². The smallest absolute Gasteiger partial charge is 0.253 e. The van der Waals surface area contributed by atoms with Gasteiger partial charge in [-0.15, -0.1) is 0 Å². The summed E-state index contributed by atoms with van der Waals surface area (Å²) in [5, 5.41) is 5.47. The zero-order valence-corrected chi connectivity index (χ0v) is 17.7. The van der Waals surface area contributed by atoms with E-state index in [2.05, 4.69) is 31.5 Å². The molecule has 2 aromatic carbocycles. The third-order valence-electron chi connectivity index (χ3n) is 4.44. The van der Waals surface area contributed by atoms with E-state index in [4.69, 9.17) is 0 Å². The first kappa shape index (κ1) is 20.7. The number of pyridine rings is 1. The largest absolute Gasteiger partial charge is 0.354 e. The molecule has 148 valence electrons. The van der Waals surface area contributed by atoms with Crippen LogP contribution in [0.4, 0.5) is 0 Å². The second kappa shape index (κ2) is 9.98. The lowest BCUT2D eigenvalue weighted by Gasteiger charge is -2.10. The highest BCUT2D eigenvalue weighted by Gasteiger charge is 2.13. The van der Waals surface area contributed by atoms with Crippen molar-refractivity contribution >= 4 is 27.7 Å². The first-order valence-electron chi connectivity index (χ1n) is 9.35. The Bertz CT molecular complexity index is 1010. The van der Waals surface area contributed by atoms with Crippen LogP contribution in [0.25, 0.3) is 11.3 Å². The lowest BCUT2D eigenvalue weighted by molar-refractivity contribution is -0.120. The summed E-state index contributed by atoms with van der Waals surface area (Å²) in [4.78, 5) is 28.9. The molecular formula is C23H22BrN3O2. The van der Waals surface area contributed by atoms with Crippen molar-refractivity contribution in [3.63, 3.8) is 0 Å². The van der Waals surface area contributed by atoms with E-state index in [1.165, 1.54) is 0 Å². The van der Waals surface area contributed by atoms with Gasteiger partial charge in [0.25, 0.3) is 5.91 Å². The summed E-state index contributed by atoms with van der Waals surface area (Å²) in [6, 6.07) is 21.3. The lowest BCUT2D eigenvalue weighted by Crippen LogP contribution is -2.38. The SMILES string of the molecule is Cc1nc(-c2cccc(Br)c2)ccc1C(=O)NCC(=O)NCCc1ccccc1. The van der Waals surface area contributed by atoms with E-state index in [0.29, 0.717) is 17.8 Å². The number of halogens is 1. The standard InChI is InChI=1S/C23H22BrN3O2/c1-16-20(10-11-21(27-16)18-8-5-9-19(24)14-18)23(29)26-15-22(28)25-13-12-17-6-3-2-4-7-17/h2-11,14H,12-13,15H2,1H3,(H,25,28)(H,26,29). The number of hydrogen-bond donors (Lipinski definition) is 2. The normalized spacial score (nSPS) is 10.4. The number of rotatable bonds is 7. The molecule has 3 aromatic rings. The van der Waals surface area contributed by atoms with Gasteiger partial charge in [0.2, 0.25) is 5.91 Å². The van der Waals surface area contributed by atoms with E-state index in [-0.39, 0.29) is 18.4 Å². The number of benzene rings is 2. The Labute approximate surface area is 178 Å². The van der Waals surface area contributed by atoms with Crippen LogP contribution < -0.4 is 10.6 Å². The molecule has 0 aliphatic carbocycles. The molecule has 0 aliphatic rings. The van der Waals surface area contributed by atoms with Gasteiger partial charge >= 0.3 is 0 Å². The van der Waals surface area contributed by atoms with Gasteiger partial charge < -0.3 is 10.6 Å². The first-order chi connectivity index (χ1) is 14.0. The van der Waals surface area contributed by atoms with E-state index in [1.807, 2.05) is 60.7 Å². The fourth-order valence-electron chi connectivity index (χ4n) is 2.92. The van der Waals surface area contributed by atoms with Crippen molar-refractivity contribution in [2.45, 2.75) is 13.3 Å². The van der Waals surface area contributed by atoms with Crippen molar-refractivity contribution in [3.05, 3.63) is 88.0 Å². The summed E-state index contributed by atoms with van der Waals surface area (Å²) < 4.78 is 0.967. The second-order valence-electron chi connectivity index (χ2n) is 6.61. The molecule has 0 radical (unpaired) electrons. The summed E-state index contributed by atoms with van der Waals surface area (Å²) in [6.07, 6.45) is 0.751. The Morgan fingerprint density at radius 2 is 1.76 bits per heavy atom. The van der Waals surface area contributed by atoms with Gasteiger partial charge in [0, 0.05) is 16.6 Å². The predicted octanol–water partition coefficient (Wildman–Crippen LogP) is 3.91. The number of nitrogens with one attached hydrogen (secondary N) is 2. The summed E-state index contributed by atoms with van der Waals surface area (Å²) >= 11 is 3.45. The molecular weight excluding hydrogens is 430 g/mol. The molecule has 0 saturated carbocycles. The Kier molecular flexibility index (Phi) is 7.14. The van der Waals surface area contributed by atoms with Gasteiger partial charge in [-0.05, 0) is 43.2 Å². The van der Waals surface area contributed by atoms with Gasteiger partial charge in [-0.2, -0.15) is 0 Å². The molecule has 0 unspecified atom stereocenters. The Hall–Kier alpha value is -2.99. The fourth-order valence-corrected chi connectivity index (χ4v) is 3.32. The van der Waals surface area contributed by atoms with Crippen LogP contribution in [0.5, 0.6) is 0 Å². The highest BCUT2D eigenvalue weighted by molar-refractivity contribution is 9.10. The molecule has 6 heteroatoms. The van der Waals surface area contributed by atoms with Crippen molar-refractivity contribution < 1.29 is 9.59 Å². The van der Waals surface area contributed by atoms with Crippen LogP contribution in [0.2, 0.25) is 0 Å². The van der Waals surface area contributed by atoms with E-state index < -0.39 is 0 Å². The maximum Gasteiger partial charge on any atom is 0.253 e. The van der Waals surface area contributed by atoms with Crippen LogP contribution >= 0.6 is 15.9 Å². The summed E-state index contributed by atoms with van der Waals surface area (Å²) in [7, 11) is 0. The van der Waals surface area contributed by atoms with Crippen molar-refractivity contribution in [2.75, 3.05) is 13.1 Å². The predicted molar refractivity (Wildman–Crippen MR) is 118 cm³/mol. The molecule has 0 atom stereocenters. The highest BCUT2D eigenvalue weighted by Crippen LogP contribution is 2.22. The number of amides is 2. The molecule has 0 aliphatic heterocycles. The zero-order valence-electron chi connectivity index (χ0n) is 16.1. The summed E-state index contributed by atoms with van der Waals surface area (Å²) in [5.41, 5.74) is 3.99. The molecule has 0 spiro atoms. The molecule has 29 heavy (non-hydrogen) atoms. The molecule has 0 saturated heterocycles. The second-order valence-corrected chi connectivity index (χ2v) is 7.52. The fraction of sp³-hybridized carbons (Fsp3) is 0.174. The average Bonchev–Trinajstić information content (AvgIpc) is 2.73. The topological polar surface area (TPSA) is 71.1 Å². The average molecular weight is 452 g/mol. The van der Waals surface area contributed by atoms with Crippen LogP contribution in [0.15, 0.2) is 71.2 Å². The Morgan fingerprint density at radius 3 is 2.48 bits per heavy atom. The van der Waals surface area contributed by atoms with Gasteiger partial charge in [0.05, 0.1) is 23.5 Å². The third-order valence-corrected chi connectivity index (χ3v) is 4.93. The minimum Gasteiger partial charge on any atom is -0.354 e. The Morgan fingerprint density at radius 1 is 0.966 bits per heavy atom. The van der Waals surface area contributed by atoms with E-state index in [1.54, 1.807) is 13.0 Å². The third kappa shape index (κ3) is 5.99. The highest BCUT2D eigenvalue weighted by atomic mass is 79.9. The number of carbonyl (C=O) groups is 2. The van der Waals surface area contributed by atoms with Crippen molar-refractivity contribution in [1.29, 1.82) is 0 Å². The lowest BCUT2D eigenvalue weighted by atomic mass is 10.1. The molecule has 5 nitrogen and oxygen atoms in total. The van der Waals surface area contributed by atoms with Crippen molar-refractivity contribution in [2.24, 2.45) is 0 Å². The maximum atomic E-state index is 12.4. The molecule has 2 amide bonds. The Balaban J connectivity index is 1.52. The molecule has 0 bridgehead atoms. The van der Waals surface area contributed by atoms with E-state index in [0.717, 1.165) is 27.7 Å². The molecule has 3 rings (SSSR count). The molecule has 1 aromatic heterocycles. The van der Waals surface area contributed by atoms with E-state index in [9.17, 15) is 9.59 Å². The van der Waals surface area contributed by atoms with Crippen LogP contribution in [0.1, 0.15) is 21.6 Å². The molecule has 2 N–H and O–H groups in total. The number of carbonyl (C=O) groups excluding carboxylic acids is 2.